The lowest BCUT2D eigenvalue weighted by atomic mass is 10.2. The number of carbonyl (C=O) groups is 1. The summed E-state index contributed by atoms with van der Waals surface area (Å²) in [4.78, 5) is 18.3. The number of hydrazine groups is 1. The third-order valence-electron chi connectivity index (χ3n) is 2.90. The van der Waals surface area contributed by atoms with Gasteiger partial charge in [0.25, 0.3) is 5.91 Å². The topological polar surface area (TPSA) is 71.2 Å². The molecule has 1 amide bonds. The molecule has 0 radical (unpaired) electrons. The predicted molar refractivity (Wildman–Crippen MR) is 79.5 cm³/mol. The van der Waals surface area contributed by atoms with Crippen molar-refractivity contribution >= 4 is 35.1 Å². The van der Waals surface area contributed by atoms with Crippen molar-refractivity contribution in [2.75, 3.05) is 18.5 Å². The van der Waals surface area contributed by atoms with Crippen LogP contribution in [0.4, 0.5) is 5.82 Å². The second kappa shape index (κ2) is 5.98. The van der Waals surface area contributed by atoms with Crippen LogP contribution in [0, 0.1) is 0 Å². The molecule has 0 aliphatic carbocycles. The maximum Gasteiger partial charge on any atom is 0.254 e. The highest BCUT2D eigenvalue weighted by atomic mass is 35.5. The average Bonchev–Trinajstić information content (AvgIpc) is 2.35. The van der Waals surface area contributed by atoms with Crippen LogP contribution in [0.25, 0.3) is 0 Å². The van der Waals surface area contributed by atoms with Crippen LogP contribution in [0.2, 0.25) is 5.15 Å². The van der Waals surface area contributed by atoms with Crippen molar-refractivity contribution in [3.05, 3.63) is 22.8 Å². The Morgan fingerprint density at radius 3 is 2.68 bits per heavy atom. The highest BCUT2D eigenvalue weighted by molar-refractivity contribution is 8.00. The van der Waals surface area contributed by atoms with E-state index in [1.54, 1.807) is 12.1 Å². The number of anilines is 1. The fourth-order valence-corrected chi connectivity index (χ4v) is 3.75. The zero-order chi connectivity index (χ0) is 14.0. The fraction of sp³-hybridized carbons (Fsp3) is 0.500. The number of halogens is 1. The zero-order valence-electron chi connectivity index (χ0n) is 10.9. The SMILES string of the molecule is CC1CN(C(=O)c2cc(Cl)nc(NN)c2)CC(C)S1. The van der Waals surface area contributed by atoms with Crippen LogP contribution in [-0.4, -0.2) is 39.4 Å². The monoisotopic (exact) mass is 300 g/mol. The largest absolute Gasteiger partial charge is 0.336 e. The average molecular weight is 301 g/mol. The molecule has 1 aliphatic heterocycles. The number of nitrogen functional groups attached to an aromatic ring is 1. The minimum Gasteiger partial charge on any atom is -0.336 e. The molecular formula is C12H17ClN4OS. The third-order valence-corrected chi connectivity index (χ3v) is 4.32. The van der Waals surface area contributed by atoms with Crippen LogP contribution < -0.4 is 11.3 Å². The number of thioether (sulfide) groups is 1. The Bertz CT molecular complexity index is 475. The molecule has 104 valence electrons. The Hall–Kier alpha value is -0.980. The standard InChI is InChI=1S/C12H17ClN4OS/c1-7-5-17(6-8(2)19-7)12(18)9-3-10(13)15-11(4-9)16-14/h3-4,7-8H,5-6,14H2,1-2H3,(H,15,16). The molecule has 2 unspecified atom stereocenters. The first kappa shape index (κ1) is 14.4. The van der Waals surface area contributed by atoms with Crippen molar-refractivity contribution in [2.45, 2.75) is 24.3 Å². The van der Waals surface area contributed by atoms with E-state index in [1.807, 2.05) is 16.7 Å². The Morgan fingerprint density at radius 1 is 1.47 bits per heavy atom. The van der Waals surface area contributed by atoms with Crippen LogP contribution >= 0.6 is 23.4 Å². The lowest BCUT2D eigenvalue weighted by molar-refractivity contribution is 0.0753. The first-order valence-electron chi connectivity index (χ1n) is 6.08. The van der Waals surface area contributed by atoms with Crippen LogP contribution in [0.1, 0.15) is 24.2 Å². The van der Waals surface area contributed by atoms with Gasteiger partial charge in [0.15, 0.2) is 0 Å². The number of hydrogen-bond donors (Lipinski definition) is 2. The number of amides is 1. The van der Waals surface area contributed by atoms with Gasteiger partial charge in [0.2, 0.25) is 0 Å². The van der Waals surface area contributed by atoms with Crippen molar-refractivity contribution < 1.29 is 4.79 Å². The number of aromatic nitrogens is 1. The van der Waals surface area contributed by atoms with Gasteiger partial charge in [-0.05, 0) is 12.1 Å². The molecule has 1 fully saturated rings. The van der Waals surface area contributed by atoms with Gasteiger partial charge in [-0.15, -0.1) is 0 Å². The van der Waals surface area contributed by atoms with E-state index in [-0.39, 0.29) is 11.1 Å². The molecule has 7 heteroatoms. The van der Waals surface area contributed by atoms with Gasteiger partial charge in [0.1, 0.15) is 11.0 Å². The Morgan fingerprint density at radius 2 is 2.11 bits per heavy atom. The summed E-state index contributed by atoms with van der Waals surface area (Å²) in [5.74, 6) is 5.67. The molecule has 1 aromatic heterocycles. The molecule has 19 heavy (non-hydrogen) atoms. The fourth-order valence-electron chi connectivity index (χ4n) is 2.22. The lowest BCUT2D eigenvalue weighted by Gasteiger charge is -2.34. The number of nitrogens with two attached hydrogens (primary N) is 1. The first-order valence-corrected chi connectivity index (χ1v) is 7.40. The summed E-state index contributed by atoms with van der Waals surface area (Å²) in [6, 6.07) is 3.19. The van der Waals surface area contributed by atoms with Gasteiger partial charge < -0.3 is 10.3 Å². The molecule has 0 saturated carbocycles. The smallest absolute Gasteiger partial charge is 0.254 e. The van der Waals surface area contributed by atoms with E-state index in [2.05, 4.69) is 24.3 Å². The van der Waals surface area contributed by atoms with Gasteiger partial charge in [0, 0.05) is 29.2 Å². The van der Waals surface area contributed by atoms with Crippen LogP contribution in [0.3, 0.4) is 0 Å². The molecule has 0 bridgehead atoms. The molecule has 5 nitrogen and oxygen atoms in total. The Labute approximate surface area is 121 Å². The summed E-state index contributed by atoms with van der Waals surface area (Å²) in [5, 5.41) is 1.14. The molecule has 0 aromatic carbocycles. The van der Waals surface area contributed by atoms with Gasteiger partial charge in [-0.25, -0.2) is 10.8 Å². The second-order valence-electron chi connectivity index (χ2n) is 4.68. The second-order valence-corrected chi connectivity index (χ2v) is 6.94. The summed E-state index contributed by atoms with van der Waals surface area (Å²) in [6.45, 7) is 5.76. The lowest BCUT2D eigenvalue weighted by Crippen LogP contribution is -2.44. The maximum atomic E-state index is 12.5. The van der Waals surface area contributed by atoms with Gasteiger partial charge in [-0.3, -0.25) is 4.79 Å². The van der Waals surface area contributed by atoms with E-state index in [9.17, 15) is 4.79 Å². The van der Waals surface area contributed by atoms with E-state index < -0.39 is 0 Å². The molecule has 1 aromatic rings. The van der Waals surface area contributed by atoms with Crippen molar-refractivity contribution in [2.24, 2.45) is 5.84 Å². The van der Waals surface area contributed by atoms with Crippen LogP contribution in [-0.2, 0) is 0 Å². The number of carbonyl (C=O) groups excluding carboxylic acids is 1. The van der Waals surface area contributed by atoms with Crippen LogP contribution in [0.15, 0.2) is 12.1 Å². The third kappa shape index (κ3) is 3.52. The van der Waals surface area contributed by atoms with E-state index in [0.29, 0.717) is 21.9 Å². The molecule has 1 aliphatic rings. The molecule has 2 rings (SSSR count). The molecule has 1 saturated heterocycles. The van der Waals surface area contributed by atoms with E-state index >= 15 is 0 Å². The van der Waals surface area contributed by atoms with Gasteiger partial charge in [-0.2, -0.15) is 11.8 Å². The summed E-state index contributed by atoms with van der Waals surface area (Å²) >= 11 is 7.79. The molecule has 0 spiro atoms. The summed E-state index contributed by atoms with van der Waals surface area (Å²) in [5.41, 5.74) is 2.93. The molecule has 2 atom stereocenters. The van der Waals surface area contributed by atoms with Crippen molar-refractivity contribution in [3.63, 3.8) is 0 Å². The molecule has 3 N–H and O–H groups in total. The highest BCUT2D eigenvalue weighted by Crippen LogP contribution is 2.26. The van der Waals surface area contributed by atoms with Gasteiger partial charge in [0.05, 0.1) is 0 Å². The number of rotatable bonds is 2. The first-order chi connectivity index (χ1) is 8.99. The van der Waals surface area contributed by atoms with Gasteiger partial charge >= 0.3 is 0 Å². The van der Waals surface area contributed by atoms with Crippen molar-refractivity contribution in [1.29, 1.82) is 0 Å². The predicted octanol–water partition coefficient (Wildman–Crippen LogP) is 1.99. The van der Waals surface area contributed by atoms with E-state index in [0.717, 1.165) is 13.1 Å². The zero-order valence-corrected chi connectivity index (χ0v) is 12.5. The molecular weight excluding hydrogens is 284 g/mol. The Balaban J connectivity index is 2.21. The van der Waals surface area contributed by atoms with Crippen molar-refractivity contribution in [3.8, 4) is 0 Å². The Kier molecular flexibility index (Phi) is 4.54. The van der Waals surface area contributed by atoms with Crippen molar-refractivity contribution in [1.82, 2.24) is 9.88 Å². The summed E-state index contributed by atoms with van der Waals surface area (Å²) < 4.78 is 0. The summed E-state index contributed by atoms with van der Waals surface area (Å²) in [6.07, 6.45) is 0. The van der Waals surface area contributed by atoms with E-state index in [1.165, 1.54) is 0 Å². The number of pyridine rings is 1. The van der Waals surface area contributed by atoms with Gasteiger partial charge in [-0.1, -0.05) is 25.4 Å². The number of hydrogen-bond acceptors (Lipinski definition) is 5. The quantitative estimate of drug-likeness (QED) is 0.496. The minimum atomic E-state index is -0.0280. The number of nitrogens with one attached hydrogen (secondary N) is 1. The minimum absolute atomic E-state index is 0.0280. The normalized spacial score (nSPS) is 23.3. The summed E-state index contributed by atoms with van der Waals surface area (Å²) in [7, 11) is 0. The molecule has 2 heterocycles. The van der Waals surface area contributed by atoms with E-state index in [4.69, 9.17) is 17.4 Å². The highest BCUT2D eigenvalue weighted by Gasteiger charge is 2.26. The van der Waals surface area contributed by atoms with Crippen LogP contribution in [0.5, 0.6) is 0 Å². The number of nitrogens with zero attached hydrogens (tertiary/aromatic N) is 2. The maximum absolute atomic E-state index is 12.5.